The Kier molecular flexibility index (Phi) is 7.99. The highest BCUT2D eigenvalue weighted by Crippen LogP contribution is 2.25. The largest absolute Gasteiger partial charge is 0.497 e. The number of carbonyl (C=O) groups excluding carboxylic acids is 2. The van der Waals surface area contributed by atoms with E-state index in [4.69, 9.17) is 9.53 Å². The van der Waals surface area contributed by atoms with E-state index in [-0.39, 0.29) is 5.91 Å². The lowest BCUT2D eigenvalue weighted by Crippen LogP contribution is -2.28. The second-order valence-electron chi connectivity index (χ2n) is 5.27. The van der Waals surface area contributed by atoms with Crippen LogP contribution in [0.25, 0.3) is 0 Å². The fraction of sp³-hybridized carbons (Fsp3) is 0.263. The van der Waals surface area contributed by atoms with Crippen LogP contribution in [0, 0.1) is 0 Å². The molecule has 0 spiro atoms. The molecule has 0 saturated heterocycles. The number of rotatable bonds is 5. The normalized spacial score (nSPS) is 13.0. The maximum absolute atomic E-state index is 11.9. The second-order valence-corrected chi connectivity index (χ2v) is 5.27. The summed E-state index contributed by atoms with van der Waals surface area (Å²) in [7, 11) is 4.58. The molecule has 0 aromatic heterocycles. The number of benzene rings is 1. The lowest BCUT2D eigenvalue weighted by atomic mass is 10.0. The van der Waals surface area contributed by atoms with Crippen LogP contribution in [0.2, 0.25) is 0 Å². The first-order valence-corrected chi connectivity index (χ1v) is 7.64. The van der Waals surface area contributed by atoms with Gasteiger partial charge in [0, 0.05) is 25.5 Å². The minimum absolute atomic E-state index is 0.122. The Hall–Kier alpha value is -3.02. The minimum atomic E-state index is -0.122. The molecule has 6 heteroatoms. The highest BCUT2D eigenvalue weighted by Gasteiger charge is 2.20. The molecule has 1 aromatic carbocycles. The fourth-order valence-electron chi connectivity index (χ4n) is 2.27. The quantitative estimate of drug-likeness (QED) is 0.831. The smallest absolute Gasteiger partial charge is 0.292 e. The lowest BCUT2D eigenvalue weighted by Gasteiger charge is -2.28. The molecule has 6 nitrogen and oxygen atoms in total. The van der Waals surface area contributed by atoms with Gasteiger partial charge in [0.15, 0.2) is 0 Å². The number of hydrogen-bond donors (Lipinski definition) is 1. The van der Waals surface area contributed by atoms with Gasteiger partial charge in [-0.15, -0.1) is 0 Å². The summed E-state index contributed by atoms with van der Waals surface area (Å²) in [5, 5.41) is 2.65. The average molecular weight is 344 g/mol. The number of ether oxygens (including phenoxy) is 2. The number of amides is 1. The molecule has 134 valence electrons. The van der Waals surface area contributed by atoms with Crippen molar-refractivity contribution < 1.29 is 19.1 Å². The van der Waals surface area contributed by atoms with Crippen molar-refractivity contribution >= 4 is 12.4 Å². The predicted molar refractivity (Wildman–Crippen MR) is 96.7 cm³/mol. The Morgan fingerprint density at radius 2 is 2.04 bits per heavy atom. The number of methoxy groups -OCH3 is 2. The van der Waals surface area contributed by atoms with Gasteiger partial charge in [0.1, 0.15) is 5.75 Å². The summed E-state index contributed by atoms with van der Waals surface area (Å²) in [6.07, 6.45) is 3.84. The van der Waals surface area contributed by atoms with Crippen LogP contribution in [-0.2, 0) is 20.9 Å². The third-order valence-electron chi connectivity index (χ3n) is 3.44. The summed E-state index contributed by atoms with van der Waals surface area (Å²) in [6.45, 7) is 7.02. The van der Waals surface area contributed by atoms with Crippen molar-refractivity contribution in [2.45, 2.75) is 13.5 Å². The molecule has 1 amide bonds. The van der Waals surface area contributed by atoms with E-state index in [1.54, 1.807) is 14.2 Å². The van der Waals surface area contributed by atoms with Crippen molar-refractivity contribution in [2.75, 3.05) is 21.3 Å². The molecule has 2 rings (SSSR count). The van der Waals surface area contributed by atoms with Crippen molar-refractivity contribution in [3.63, 3.8) is 0 Å². The molecule has 25 heavy (non-hydrogen) atoms. The van der Waals surface area contributed by atoms with Gasteiger partial charge >= 0.3 is 0 Å². The van der Waals surface area contributed by atoms with E-state index < -0.39 is 0 Å². The first-order valence-electron chi connectivity index (χ1n) is 7.64. The highest BCUT2D eigenvalue weighted by molar-refractivity contribution is 5.98. The number of nitrogens with zero attached hydrogens (tertiary/aromatic N) is 1. The number of nitrogens with one attached hydrogen (secondary N) is 1. The molecule has 1 aliphatic rings. The first-order chi connectivity index (χ1) is 12.0. The fourth-order valence-corrected chi connectivity index (χ4v) is 2.27. The van der Waals surface area contributed by atoms with E-state index >= 15 is 0 Å². The van der Waals surface area contributed by atoms with E-state index in [9.17, 15) is 4.79 Å². The van der Waals surface area contributed by atoms with Crippen molar-refractivity contribution in [2.24, 2.45) is 0 Å². The molecule has 0 saturated carbocycles. The van der Waals surface area contributed by atoms with Crippen LogP contribution in [-0.4, -0.2) is 38.5 Å². The number of hydrogen-bond acceptors (Lipinski definition) is 5. The summed E-state index contributed by atoms with van der Waals surface area (Å²) in [5.74, 6) is 0.695. The van der Waals surface area contributed by atoms with Crippen molar-refractivity contribution in [1.29, 1.82) is 0 Å². The molecule has 0 atom stereocenters. The summed E-state index contributed by atoms with van der Waals surface area (Å²) in [6, 6.07) is 7.86. The van der Waals surface area contributed by atoms with Crippen LogP contribution < -0.4 is 10.1 Å². The Morgan fingerprint density at radius 3 is 2.60 bits per heavy atom. The van der Waals surface area contributed by atoms with Crippen LogP contribution in [0.4, 0.5) is 0 Å². The molecule has 0 unspecified atom stereocenters. The standard InChI is InChI=1S/C17H20N2O2.C2H4O2/c1-12-8-16(17(20)18-3)13(2)19(10-12)11-14-6-5-7-15(9-14)21-4;1-4-2-3/h5-10H,2,11H2,1,3-4H3,(H,18,20);2H,1H3. The Morgan fingerprint density at radius 1 is 1.36 bits per heavy atom. The van der Waals surface area contributed by atoms with Gasteiger partial charge in [-0.2, -0.15) is 0 Å². The zero-order valence-corrected chi connectivity index (χ0v) is 15.0. The maximum atomic E-state index is 11.9. The maximum Gasteiger partial charge on any atom is 0.292 e. The molecule has 1 aliphatic heterocycles. The molecule has 0 radical (unpaired) electrons. The summed E-state index contributed by atoms with van der Waals surface area (Å²) in [5.41, 5.74) is 3.41. The number of allylic oxidation sites excluding steroid dienone is 2. The molecule has 1 N–H and O–H groups in total. The summed E-state index contributed by atoms with van der Waals surface area (Å²) >= 11 is 0. The van der Waals surface area contributed by atoms with Crippen LogP contribution in [0.3, 0.4) is 0 Å². The van der Waals surface area contributed by atoms with Crippen LogP contribution >= 0.6 is 0 Å². The van der Waals surface area contributed by atoms with Gasteiger partial charge in [-0.05, 0) is 36.3 Å². The SMILES string of the molecule is C=C1C(C(=O)NC)=CC(C)=CN1Cc1cccc(OC)c1.COC=O. The van der Waals surface area contributed by atoms with Gasteiger partial charge in [-0.1, -0.05) is 18.7 Å². The number of carbonyl (C=O) groups is 2. The summed E-state index contributed by atoms with van der Waals surface area (Å²) < 4.78 is 9.10. The molecular weight excluding hydrogens is 320 g/mol. The monoisotopic (exact) mass is 344 g/mol. The Balaban J connectivity index is 0.000000705. The van der Waals surface area contributed by atoms with Crippen LogP contribution in [0.5, 0.6) is 5.75 Å². The average Bonchev–Trinajstić information content (AvgIpc) is 2.64. The van der Waals surface area contributed by atoms with E-state index in [0.717, 1.165) is 16.9 Å². The molecule has 1 aromatic rings. The predicted octanol–water partition coefficient (Wildman–Crippen LogP) is 2.39. The van der Waals surface area contributed by atoms with Gasteiger partial charge in [0.25, 0.3) is 12.4 Å². The van der Waals surface area contributed by atoms with E-state index in [2.05, 4.69) is 16.6 Å². The Labute approximate surface area is 148 Å². The summed E-state index contributed by atoms with van der Waals surface area (Å²) in [4.78, 5) is 22.8. The minimum Gasteiger partial charge on any atom is -0.497 e. The molecular formula is C19H24N2O4. The van der Waals surface area contributed by atoms with Crippen molar-refractivity contribution in [1.82, 2.24) is 10.2 Å². The van der Waals surface area contributed by atoms with Gasteiger partial charge in [-0.3, -0.25) is 9.59 Å². The van der Waals surface area contributed by atoms with Crippen LogP contribution in [0.15, 0.2) is 60.0 Å². The highest BCUT2D eigenvalue weighted by atomic mass is 16.5. The van der Waals surface area contributed by atoms with E-state index in [1.165, 1.54) is 7.11 Å². The van der Waals surface area contributed by atoms with Gasteiger partial charge in [-0.25, -0.2) is 0 Å². The van der Waals surface area contributed by atoms with Gasteiger partial charge in [0.2, 0.25) is 0 Å². The van der Waals surface area contributed by atoms with Crippen molar-refractivity contribution in [3.8, 4) is 5.75 Å². The van der Waals surface area contributed by atoms with E-state index in [1.807, 2.05) is 48.4 Å². The zero-order chi connectivity index (χ0) is 18.8. The molecule has 1 heterocycles. The first kappa shape index (κ1) is 20.0. The zero-order valence-electron chi connectivity index (χ0n) is 15.0. The molecule has 0 aliphatic carbocycles. The van der Waals surface area contributed by atoms with Gasteiger partial charge in [0.05, 0.1) is 19.8 Å². The van der Waals surface area contributed by atoms with E-state index in [0.29, 0.717) is 24.3 Å². The second kappa shape index (κ2) is 9.97. The lowest BCUT2D eigenvalue weighted by molar-refractivity contribution is -0.126. The third kappa shape index (κ3) is 5.84. The Bertz CT molecular complexity index is 692. The molecule has 0 bridgehead atoms. The molecule has 0 fully saturated rings. The van der Waals surface area contributed by atoms with Crippen LogP contribution in [0.1, 0.15) is 12.5 Å². The number of likely N-dealkylation sites (N-methyl/N-ethyl adjacent to an activating group) is 1. The van der Waals surface area contributed by atoms with Gasteiger partial charge < -0.3 is 19.7 Å². The third-order valence-corrected chi connectivity index (χ3v) is 3.44. The van der Waals surface area contributed by atoms with Crippen molar-refractivity contribution in [3.05, 3.63) is 65.5 Å². The topological polar surface area (TPSA) is 67.9 Å².